The van der Waals surface area contributed by atoms with E-state index in [2.05, 4.69) is 4.74 Å². The number of hydrogen-bond acceptors (Lipinski definition) is 5. The highest BCUT2D eigenvalue weighted by molar-refractivity contribution is 5.91. The standard InChI is InChI=1S/C14H22N2O5/c1-14(2)10(11(14)13(19)20)12(18)16-6-4-15(5-7-16)8-9(17)21-3/h10-11H,4-8H2,1-3H3,(H,19,20). The van der Waals surface area contributed by atoms with Crippen molar-refractivity contribution >= 4 is 17.8 Å². The number of amides is 1. The number of ether oxygens (including phenoxy) is 1. The molecule has 0 aromatic heterocycles. The molecule has 1 N–H and O–H groups in total. The number of piperazine rings is 1. The van der Waals surface area contributed by atoms with E-state index in [0.29, 0.717) is 26.2 Å². The Morgan fingerprint density at radius 3 is 2.14 bits per heavy atom. The average Bonchev–Trinajstić information content (AvgIpc) is 3.01. The van der Waals surface area contributed by atoms with Gasteiger partial charge in [0.05, 0.1) is 25.5 Å². The number of nitrogens with zero attached hydrogens (tertiary/aromatic N) is 2. The number of carbonyl (C=O) groups is 3. The molecule has 1 saturated heterocycles. The Labute approximate surface area is 123 Å². The summed E-state index contributed by atoms with van der Waals surface area (Å²) < 4.78 is 4.62. The normalized spacial score (nSPS) is 28.0. The van der Waals surface area contributed by atoms with Crippen LogP contribution < -0.4 is 0 Å². The van der Waals surface area contributed by atoms with E-state index in [1.54, 1.807) is 4.90 Å². The number of carbonyl (C=O) groups excluding carboxylic acids is 2. The SMILES string of the molecule is COC(=O)CN1CCN(C(=O)C2C(C(=O)O)C2(C)C)CC1. The lowest BCUT2D eigenvalue weighted by Crippen LogP contribution is -2.50. The highest BCUT2D eigenvalue weighted by Gasteiger charge is 2.66. The van der Waals surface area contributed by atoms with Gasteiger partial charge in [0.25, 0.3) is 0 Å². The molecule has 7 nitrogen and oxygen atoms in total. The van der Waals surface area contributed by atoms with Gasteiger partial charge >= 0.3 is 11.9 Å². The zero-order valence-corrected chi connectivity index (χ0v) is 12.7. The molecule has 2 atom stereocenters. The van der Waals surface area contributed by atoms with E-state index >= 15 is 0 Å². The van der Waals surface area contributed by atoms with Crippen LogP contribution in [0.25, 0.3) is 0 Å². The number of carboxylic acids is 1. The van der Waals surface area contributed by atoms with E-state index in [-0.39, 0.29) is 18.4 Å². The van der Waals surface area contributed by atoms with Crippen molar-refractivity contribution in [1.82, 2.24) is 9.80 Å². The van der Waals surface area contributed by atoms with Crippen molar-refractivity contribution in [2.45, 2.75) is 13.8 Å². The summed E-state index contributed by atoms with van der Waals surface area (Å²) in [5, 5.41) is 9.14. The Morgan fingerprint density at radius 1 is 1.14 bits per heavy atom. The molecular formula is C14H22N2O5. The van der Waals surface area contributed by atoms with E-state index in [4.69, 9.17) is 5.11 Å². The van der Waals surface area contributed by atoms with Gasteiger partial charge in [-0.25, -0.2) is 0 Å². The fourth-order valence-electron chi connectivity index (χ4n) is 3.13. The van der Waals surface area contributed by atoms with E-state index in [1.807, 2.05) is 18.7 Å². The van der Waals surface area contributed by atoms with Crippen molar-refractivity contribution in [3.8, 4) is 0 Å². The zero-order valence-electron chi connectivity index (χ0n) is 12.7. The van der Waals surface area contributed by atoms with Crippen LogP contribution in [0.5, 0.6) is 0 Å². The van der Waals surface area contributed by atoms with Crippen LogP contribution in [-0.2, 0) is 19.1 Å². The fourth-order valence-corrected chi connectivity index (χ4v) is 3.13. The molecule has 7 heteroatoms. The van der Waals surface area contributed by atoms with Crippen LogP contribution in [0.4, 0.5) is 0 Å². The lowest BCUT2D eigenvalue weighted by atomic mass is 10.1. The van der Waals surface area contributed by atoms with Gasteiger partial charge in [-0.1, -0.05) is 13.8 Å². The summed E-state index contributed by atoms with van der Waals surface area (Å²) in [4.78, 5) is 38.4. The van der Waals surface area contributed by atoms with Crippen LogP contribution in [-0.4, -0.2) is 72.6 Å². The first kappa shape index (κ1) is 15.8. The van der Waals surface area contributed by atoms with Crippen molar-refractivity contribution < 1.29 is 24.2 Å². The Morgan fingerprint density at radius 2 is 1.71 bits per heavy atom. The van der Waals surface area contributed by atoms with Crippen LogP contribution in [0.15, 0.2) is 0 Å². The van der Waals surface area contributed by atoms with Gasteiger partial charge in [-0.05, 0) is 5.41 Å². The molecule has 118 valence electrons. The summed E-state index contributed by atoms with van der Waals surface area (Å²) in [7, 11) is 1.35. The van der Waals surface area contributed by atoms with Crippen LogP contribution in [0, 0.1) is 17.3 Å². The second kappa shape index (κ2) is 5.63. The second-order valence-corrected chi connectivity index (χ2v) is 6.29. The van der Waals surface area contributed by atoms with Gasteiger partial charge in [-0.15, -0.1) is 0 Å². The molecule has 2 aliphatic rings. The third-order valence-electron chi connectivity index (χ3n) is 4.62. The van der Waals surface area contributed by atoms with E-state index in [1.165, 1.54) is 7.11 Å². The van der Waals surface area contributed by atoms with Gasteiger partial charge in [-0.3, -0.25) is 19.3 Å². The number of esters is 1. The molecule has 2 fully saturated rings. The predicted octanol–water partition coefficient (Wildman–Crippen LogP) is -0.340. The first-order chi connectivity index (χ1) is 9.78. The Balaban J connectivity index is 1.87. The largest absolute Gasteiger partial charge is 0.481 e. The Hall–Kier alpha value is -1.63. The van der Waals surface area contributed by atoms with Crippen LogP contribution >= 0.6 is 0 Å². The van der Waals surface area contributed by atoms with Gasteiger partial charge in [0.15, 0.2) is 0 Å². The van der Waals surface area contributed by atoms with Gasteiger partial charge in [-0.2, -0.15) is 0 Å². The number of methoxy groups -OCH3 is 1. The molecular weight excluding hydrogens is 276 g/mol. The minimum atomic E-state index is -0.900. The molecule has 1 amide bonds. The molecule has 0 aromatic rings. The number of rotatable bonds is 4. The van der Waals surface area contributed by atoms with Crippen LogP contribution in [0.1, 0.15) is 13.8 Å². The summed E-state index contributed by atoms with van der Waals surface area (Å²) >= 11 is 0. The molecule has 0 aromatic carbocycles. The summed E-state index contributed by atoms with van der Waals surface area (Å²) in [6.07, 6.45) is 0. The predicted molar refractivity (Wildman–Crippen MR) is 73.4 cm³/mol. The Bertz CT molecular complexity index is 454. The van der Waals surface area contributed by atoms with Crippen LogP contribution in [0.3, 0.4) is 0 Å². The Kier molecular flexibility index (Phi) is 4.22. The van der Waals surface area contributed by atoms with Gasteiger partial charge in [0.1, 0.15) is 0 Å². The topological polar surface area (TPSA) is 87.2 Å². The third kappa shape index (κ3) is 3.02. The number of hydrogen-bond donors (Lipinski definition) is 1. The van der Waals surface area contributed by atoms with E-state index in [0.717, 1.165) is 0 Å². The first-order valence-corrected chi connectivity index (χ1v) is 7.09. The quantitative estimate of drug-likeness (QED) is 0.715. The highest BCUT2D eigenvalue weighted by atomic mass is 16.5. The lowest BCUT2D eigenvalue weighted by Gasteiger charge is -2.34. The summed E-state index contributed by atoms with van der Waals surface area (Å²) in [6.45, 7) is 6.12. The maximum absolute atomic E-state index is 12.4. The summed E-state index contributed by atoms with van der Waals surface area (Å²) in [5.74, 6) is -2.28. The molecule has 1 aliphatic heterocycles. The summed E-state index contributed by atoms with van der Waals surface area (Å²) in [5.41, 5.74) is -0.466. The molecule has 2 unspecified atom stereocenters. The molecule has 0 radical (unpaired) electrons. The maximum atomic E-state index is 12.4. The lowest BCUT2D eigenvalue weighted by molar-refractivity contribution is -0.144. The second-order valence-electron chi connectivity index (χ2n) is 6.29. The molecule has 1 aliphatic carbocycles. The van der Waals surface area contributed by atoms with E-state index in [9.17, 15) is 14.4 Å². The first-order valence-electron chi connectivity index (χ1n) is 7.09. The minimum absolute atomic E-state index is 0.0786. The fraction of sp³-hybridized carbons (Fsp3) is 0.786. The van der Waals surface area contributed by atoms with E-state index < -0.39 is 23.2 Å². The molecule has 2 rings (SSSR count). The van der Waals surface area contributed by atoms with Gasteiger partial charge in [0.2, 0.25) is 5.91 Å². The molecule has 21 heavy (non-hydrogen) atoms. The van der Waals surface area contributed by atoms with Crippen molar-refractivity contribution in [2.75, 3.05) is 39.8 Å². The van der Waals surface area contributed by atoms with Crippen molar-refractivity contribution in [3.05, 3.63) is 0 Å². The smallest absolute Gasteiger partial charge is 0.319 e. The number of aliphatic carboxylic acids is 1. The van der Waals surface area contributed by atoms with Crippen molar-refractivity contribution in [2.24, 2.45) is 17.3 Å². The molecule has 1 saturated carbocycles. The monoisotopic (exact) mass is 298 g/mol. The third-order valence-corrected chi connectivity index (χ3v) is 4.62. The maximum Gasteiger partial charge on any atom is 0.319 e. The highest BCUT2D eigenvalue weighted by Crippen LogP contribution is 2.59. The van der Waals surface area contributed by atoms with Crippen molar-refractivity contribution in [3.63, 3.8) is 0 Å². The minimum Gasteiger partial charge on any atom is -0.481 e. The molecule has 1 heterocycles. The number of carboxylic acid groups (broad SMARTS) is 1. The summed E-state index contributed by atoms with van der Waals surface area (Å²) in [6, 6.07) is 0. The average molecular weight is 298 g/mol. The zero-order chi connectivity index (χ0) is 15.8. The van der Waals surface area contributed by atoms with Gasteiger partial charge < -0.3 is 14.7 Å². The van der Waals surface area contributed by atoms with Crippen LogP contribution in [0.2, 0.25) is 0 Å². The van der Waals surface area contributed by atoms with Gasteiger partial charge in [0, 0.05) is 26.2 Å². The molecule has 0 spiro atoms. The van der Waals surface area contributed by atoms with Crippen molar-refractivity contribution in [1.29, 1.82) is 0 Å². The molecule has 0 bridgehead atoms.